The van der Waals surface area contributed by atoms with Gasteiger partial charge in [-0.2, -0.15) is 0 Å². The Hall–Kier alpha value is -4.42. The van der Waals surface area contributed by atoms with Crippen LogP contribution < -0.4 is 4.90 Å². The highest BCUT2D eigenvalue weighted by Gasteiger charge is 2.60. The molecule has 5 aromatic rings. The molecule has 200 valence electrons. The van der Waals surface area contributed by atoms with Crippen LogP contribution in [0.3, 0.4) is 0 Å². The van der Waals surface area contributed by atoms with E-state index in [1.165, 1.54) is 0 Å². The molecule has 0 fully saturated rings. The number of hydrogen-bond acceptors (Lipinski definition) is 3. The van der Waals surface area contributed by atoms with E-state index in [4.69, 9.17) is 11.6 Å². The molecule has 1 aliphatic rings. The molecule has 2 heterocycles. The number of anilines is 1. The van der Waals surface area contributed by atoms with Gasteiger partial charge in [0.1, 0.15) is 5.41 Å². The van der Waals surface area contributed by atoms with Crippen molar-refractivity contribution in [2.75, 3.05) is 11.4 Å². The second kappa shape index (κ2) is 9.96. The van der Waals surface area contributed by atoms with E-state index in [2.05, 4.69) is 0 Å². The zero-order valence-corrected chi connectivity index (χ0v) is 23.0. The van der Waals surface area contributed by atoms with Crippen molar-refractivity contribution in [1.82, 2.24) is 4.57 Å². The summed E-state index contributed by atoms with van der Waals surface area (Å²) in [6.07, 6.45) is 1.96. The molecule has 40 heavy (non-hydrogen) atoms. The molecular weight excluding hydrogens is 522 g/mol. The lowest BCUT2D eigenvalue weighted by molar-refractivity contribution is -0.484. The molecule has 0 spiro atoms. The second-order valence-corrected chi connectivity index (χ2v) is 10.8. The van der Waals surface area contributed by atoms with E-state index < -0.39 is 17.9 Å². The van der Waals surface area contributed by atoms with Crippen LogP contribution in [-0.2, 0) is 23.8 Å². The third-order valence-electron chi connectivity index (χ3n) is 8.16. The summed E-state index contributed by atoms with van der Waals surface area (Å²) in [6, 6.07) is 30.8. The van der Waals surface area contributed by atoms with Gasteiger partial charge in [-0.1, -0.05) is 96.5 Å². The molecule has 6 nitrogen and oxygen atoms in total. The van der Waals surface area contributed by atoms with Crippen LogP contribution in [0.2, 0.25) is 5.02 Å². The van der Waals surface area contributed by atoms with Crippen molar-refractivity contribution in [3.63, 3.8) is 0 Å². The number of aromatic nitrogens is 1. The van der Waals surface area contributed by atoms with E-state index in [1.807, 2.05) is 115 Å². The van der Waals surface area contributed by atoms with Gasteiger partial charge in [0.2, 0.25) is 12.5 Å². The summed E-state index contributed by atoms with van der Waals surface area (Å²) in [5.41, 5.74) is 4.33. The molecule has 0 unspecified atom stereocenters. The van der Waals surface area contributed by atoms with E-state index >= 15 is 4.79 Å². The number of para-hydroxylation sites is 2. The Morgan fingerprint density at radius 2 is 1.60 bits per heavy atom. The zero-order valence-electron chi connectivity index (χ0n) is 22.3. The van der Waals surface area contributed by atoms with Gasteiger partial charge in [-0.05, 0) is 46.9 Å². The van der Waals surface area contributed by atoms with Gasteiger partial charge >= 0.3 is 0 Å². The van der Waals surface area contributed by atoms with Gasteiger partial charge in [-0.3, -0.25) is 14.9 Å². The Morgan fingerprint density at radius 3 is 2.35 bits per heavy atom. The van der Waals surface area contributed by atoms with Crippen molar-refractivity contribution in [3.8, 4) is 0 Å². The van der Waals surface area contributed by atoms with Crippen LogP contribution in [0.1, 0.15) is 33.7 Å². The summed E-state index contributed by atoms with van der Waals surface area (Å²) < 4.78 is 1.99. The number of hydrogen-bond donors (Lipinski definition) is 0. The SMILES string of the molecule is Cc1cccc2c1N(Cc1ccccc1)C(=O)[C@@]2(c1cn(C)c2ccccc12)[C@H](C[N+](=O)[O-])c1ccccc1Cl. The first-order chi connectivity index (χ1) is 19.3. The monoisotopic (exact) mass is 549 g/mol. The lowest BCUT2D eigenvalue weighted by Gasteiger charge is -2.35. The Balaban J connectivity index is 1.74. The van der Waals surface area contributed by atoms with Crippen molar-refractivity contribution in [3.05, 3.63) is 146 Å². The van der Waals surface area contributed by atoms with Crippen LogP contribution in [0.5, 0.6) is 0 Å². The number of benzene rings is 4. The maximum absolute atomic E-state index is 15.3. The first-order valence-corrected chi connectivity index (χ1v) is 13.6. The van der Waals surface area contributed by atoms with Crippen molar-refractivity contribution in [2.45, 2.75) is 24.8 Å². The minimum Gasteiger partial charge on any atom is -0.350 e. The predicted molar refractivity (Wildman–Crippen MR) is 159 cm³/mol. The molecule has 0 saturated carbocycles. The number of carbonyl (C=O) groups excluding carboxylic acids is 1. The third kappa shape index (κ3) is 3.90. The molecule has 1 aliphatic heterocycles. The van der Waals surface area contributed by atoms with Crippen molar-refractivity contribution >= 4 is 34.1 Å². The molecule has 2 atom stereocenters. The first-order valence-electron chi connectivity index (χ1n) is 13.2. The van der Waals surface area contributed by atoms with Crippen LogP contribution >= 0.6 is 11.6 Å². The lowest BCUT2D eigenvalue weighted by atomic mass is 9.63. The molecule has 6 rings (SSSR count). The molecule has 7 heteroatoms. The molecule has 1 aromatic heterocycles. The predicted octanol–water partition coefficient (Wildman–Crippen LogP) is 7.03. The van der Waals surface area contributed by atoms with Gasteiger partial charge < -0.3 is 9.47 Å². The van der Waals surface area contributed by atoms with E-state index in [1.54, 1.807) is 12.1 Å². The number of rotatable bonds is 7. The fourth-order valence-electron chi connectivity index (χ4n) is 6.50. The molecule has 1 amide bonds. The highest BCUT2D eigenvalue weighted by Crippen LogP contribution is 2.57. The number of aryl methyl sites for hydroxylation is 2. The fourth-order valence-corrected chi connectivity index (χ4v) is 6.77. The number of fused-ring (bicyclic) bond motifs is 2. The minimum atomic E-state index is -1.39. The van der Waals surface area contributed by atoms with Gasteiger partial charge in [0.15, 0.2) is 0 Å². The zero-order chi connectivity index (χ0) is 28.0. The number of carbonyl (C=O) groups is 1. The number of nitro groups is 1. The molecular formula is C33H28ClN3O3. The Morgan fingerprint density at radius 1 is 0.900 bits per heavy atom. The summed E-state index contributed by atoms with van der Waals surface area (Å²) >= 11 is 6.77. The molecule has 0 bridgehead atoms. The fraction of sp³-hybridized carbons (Fsp3) is 0.182. The summed E-state index contributed by atoms with van der Waals surface area (Å²) in [4.78, 5) is 29.1. The Kier molecular flexibility index (Phi) is 6.43. The van der Waals surface area contributed by atoms with Crippen LogP contribution in [0.4, 0.5) is 5.69 Å². The van der Waals surface area contributed by atoms with Crippen molar-refractivity contribution in [1.29, 1.82) is 0 Å². The van der Waals surface area contributed by atoms with E-state index in [-0.39, 0.29) is 10.8 Å². The topological polar surface area (TPSA) is 68.4 Å². The second-order valence-electron chi connectivity index (χ2n) is 10.4. The van der Waals surface area contributed by atoms with Gasteiger partial charge in [-0.15, -0.1) is 0 Å². The first kappa shape index (κ1) is 25.8. The lowest BCUT2D eigenvalue weighted by Crippen LogP contribution is -2.47. The van der Waals surface area contributed by atoms with E-state index in [0.717, 1.165) is 38.8 Å². The van der Waals surface area contributed by atoms with Crippen molar-refractivity contribution < 1.29 is 9.72 Å². The number of amides is 1. The number of nitrogens with zero attached hydrogens (tertiary/aromatic N) is 3. The van der Waals surface area contributed by atoms with Crippen molar-refractivity contribution in [2.24, 2.45) is 7.05 Å². The average Bonchev–Trinajstić information content (AvgIpc) is 3.41. The number of halogens is 1. The largest absolute Gasteiger partial charge is 0.350 e. The average molecular weight is 550 g/mol. The summed E-state index contributed by atoms with van der Waals surface area (Å²) in [7, 11) is 1.94. The molecule has 0 aliphatic carbocycles. The van der Waals surface area contributed by atoms with Gasteiger partial charge in [-0.25, -0.2) is 0 Å². The minimum absolute atomic E-state index is 0.191. The van der Waals surface area contributed by atoms with Crippen LogP contribution in [0.15, 0.2) is 103 Å². The normalized spacial score (nSPS) is 17.3. The maximum Gasteiger partial charge on any atom is 0.243 e. The van der Waals surface area contributed by atoms with Crippen LogP contribution in [0, 0.1) is 17.0 Å². The molecule has 0 radical (unpaired) electrons. The standard InChI is InChI=1S/C33H28ClN3O3/c1-22-11-10-16-26-31(22)36(19-23-12-4-3-5-13-23)32(38)33(26,27-20-35(2)30-18-9-7-15-25(27)30)28(21-37(39)40)24-14-6-8-17-29(24)34/h3-18,20,28H,19,21H2,1-2H3/t28-,33+/m1/s1. The van der Waals surface area contributed by atoms with Gasteiger partial charge in [0.25, 0.3) is 0 Å². The van der Waals surface area contributed by atoms with E-state index in [9.17, 15) is 10.1 Å². The molecule has 0 saturated heterocycles. The summed E-state index contributed by atoms with van der Waals surface area (Å²) in [5.74, 6) is -1.06. The highest BCUT2D eigenvalue weighted by atomic mass is 35.5. The quantitative estimate of drug-likeness (QED) is 0.162. The highest BCUT2D eigenvalue weighted by molar-refractivity contribution is 6.31. The Bertz CT molecular complexity index is 1760. The van der Waals surface area contributed by atoms with E-state index in [0.29, 0.717) is 17.1 Å². The smallest absolute Gasteiger partial charge is 0.243 e. The van der Waals surface area contributed by atoms with Gasteiger partial charge in [0, 0.05) is 34.1 Å². The summed E-state index contributed by atoms with van der Waals surface area (Å²) in [5, 5.41) is 13.7. The Labute approximate surface area is 237 Å². The van der Waals surface area contributed by atoms with Crippen LogP contribution in [-0.4, -0.2) is 21.9 Å². The summed E-state index contributed by atoms with van der Waals surface area (Å²) in [6.45, 7) is 1.87. The molecule has 4 aromatic carbocycles. The molecule has 0 N–H and O–H groups in total. The maximum atomic E-state index is 15.3. The van der Waals surface area contributed by atoms with Gasteiger partial charge in [0.05, 0.1) is 18.2 Å². The van der Waals surface area contributed by atoms with Crippen LogP contribution in [0.25, 0.3) is 10.9 Å². The third-order valence-corrected chi connectivity index (χ3v) is 8.50.